The van der Waals surface area contributed by atoms with Gasteiger partial charge in [0.15, 0.2) is 0 Å². The molecule has 2 atom stereocenters. The van der Waals surface area contributed by atoms with Gasteiger partial charge in [-0.15, -0.1) is 0 Å². The molecule has 1 aromatic carbocycles. The van der Waals surface area contributed by atoms with Crippen molar-refractivity contribution in [3.05, 3.63) is 48.3 Å². The molecule has 1 aromatic heterocycles. The van der Waals surface area contributed by atoms with E-state index >= 15 is 0 Å². The van der Waals surface area contributed by atoms with Crippen molar-refractivity contribution in [2.75, 3.05) is 20.2 Å². The predicted octanol–water partition coefficient (Wildman–Crippen LogP) is 5.51. The van der Waals surface area contributed by atoms with Gasteiger partial charge in [0.1, 0.15) is 11.4 Å². The van der Waals surface area contributed by atoms with Crippen LogP contribution in [-0.4, -0.2) is 41.8 Å². The van der Waals surface area contributed by atoms with E-state index in [2.05, 4.69) is 19.1 Å². The minimum Gasteiger partial charge on any atom is -0.497 e. The third-order valence-corrected chi connectivity index (χ3v) is 5.52. The van der Waals surface area contributed by atoms with Crippen LogP contribution < -0.4 is 4.74 Å². The van der Waals surface area contributed by atoms with Crippen molar-refractivity contribution in [3.8, 4) is 16.9 Å². The Morgan fingerprint density at radius 1 is 1.14 bits per heavy atom. The lowest BCUT2D eigenvalue weighted by Gasteiger charge is -2.38. The molecular weight excluding hydrogens is 364 g/mol. The van der Waals surface area contributed by atoms with E-state index in [0.717, 1.165) is 42.0 Å². The number of benzene rings is 1. The molecule has 2 heterocycles. The number of hydrogen-bond donors (Lipinski definition) is 0. The molecule has 1 amide bonds. The highest BCUT2D eigenvalue weighted by Crippen LogP contribution is 2.35. The van der Waals surface area contributed by atoms with E-state index in [1.165, 1.54) is 0 Å². The molecule has 1 aliphatic heterocycles. The van der Waals surface area contributed by atoms with Gasteiger partial charge in [-0.2, -0.15) is 0 Å². The van der Waals surface area contributed by atoms with Gasteiger partial charge in [0.25, 0.3) is 0 Å². The van der Waals surface area contributed by atoms with Gasteiger partial charge in [-0.25, -0.2) is 4.79 Å². The quantitative estimate of drug-likeness (QED) is 0.684. The van der Waals surface area contributed by atoms with Gasteiger partial charge >= 0.3 is 6.09 Å². The molecule has 2 unspecified atom stereocenters. The Morgan fingerprint density at radius 2 is 1.83 bits per heavy atom. The van der Waals surface area contributed by atoms with E-state index in [9.17, 15) is 4.79 Å². The third-order valence-electron chi connectivity index (χ3n) is 5.52. The van der Waals surface area contributed by atoms with Crippen LogP contribution >= 0.6 is 0 Å². The first-order valence-corrected chi connectivity index (χ1v) is 10.4. The Bertz CT molecular complexity index is 810. The zero-order chi connectivity index (χ0) is 21.0. The number of pyridine rings is 1. The molecule has 1 aliphatic rings. The van der Waals surface area contributed by atoms with Gasteiger partial charge in [-0.3, -0.25) is 4.98 Å². The van der Waals surface area contributed by atoms with E-state index in [1.807, 2.05) is 56.1 Å². The number of carbonyl (C=O) groups excluding carboxylic acids is 1. The van der Waals surface area contributed by atoms with Crippen molar-refractivity contribution < 1.29 is 14.3 Å². The summed E-state index contributed by atoms with van der Waals surface area (Å²) in [5.74, 6) is 1.59. The average Bonchev–Trinajstić information content (AvgIpc) is 2.72. The summed E-state index contributed by atoms with van der Waals surface area (Å²) < 4.78 is 10.8. The van der Waals surface area contributed by atoms with Crippen LogP contribution in [0, 0.1) is 5.92 Å². The highest BCUT2D eigenvalue weighted by atomic mass is 16.6. The summed E-state index contributed by atoms with van der Waals surface area (Å²) in [6.07, 6.45) is 3.75. The zero-order valence-corrected chi connectivity index (χ0v) is 18.1. The zero-order valence-electron chi connectivity index (χ0n) is 18.1. The number of rotatable bonds is 4. The second kappa shape index (κ2) is 8.85. The predicted molar refractivity (Wildman–Crippen MR) is 115 cm³/mol. The monoisotopic (exact) mass is 396 g/mol. The van der Waals surface area contributed by atoms with Crippen molar-refractivity contribution >= 4 is 6.09 Å². The maximum absolute atomic E-state index is 12.6. The molecule has 2 aromatic rings. The highest BCUT2D eigenvalue weighted by molar-refractivity contribution is 5.68. The van der Waals surface area contributed by atoms with Crippen LogP contribution in [0.2, 0.25) is 0 Å². The Kier molecular flexibility index (Phi) is 6.46. The van der Waals surface area contributed by atoms with E-state index < -0.39 is 5.60 Å². The molecule has 5 heteroatoms. The van der Waals surface area contributed by atoms with Crippen LogP contribution in [0.4, 0.5) is 4.79 Å². The summed E-state index contributed by atoms with van der Waals surface area (Å²) in [5.41, 5.74) is 2.74. The fraction of sp³-hybridized carbons (Fsp3) is 0.500. The molecule has 156 valence electrons. The number of methoxy groups -OCH3 is 1. The smallest absolute Gasteiger partial charge is 0.410 e. The van der Waals surface area contributed by atoms with Crippen molar-refractivity contribution in [2.45, 2.75) is 52.1 Å². The fourth-order valence-corrected chi connectivity index (χ4v) is 3.90. The lowest BCUT2D eigenvalue weighted by Crippen LogP contribution is -2.45. The van der Waals surface area contributed by atoms with Crippen LogP contribution in [0.25, 0.3) is 11.1 Å². The van der Waals surface area contributed by atoms with Crippen LogP contribution in [0.1, 0.15) is 52.1 Å². The van der Waals surface area contributed by atoms with Gasteiger partial charge in [0.2, 0.25) is 0 Å². The standard InChI is InChI=1S/C24H32N2O3/c1-6-17-13-14-26(23(27)29-24(2,3)4)16-21(17)22-12-9-19(15-25-22)18-7-10-20(28-5)11-8-18/h7-12,15,17,21H,6,13-14,16H2,1-5H3. The van der Waals surface area contributed by atoms with Crippen LogP contribution in [0.15, 0.2) is 42.6 Å². The number of nitrogens with zero attached hydrogens (tertiary/aromatic N) is 2. The van der Waals surface area contributed by atoms with Gasteiger partial charge in [-0.05, 0) is 56.9 Å². The minimum absolute atomic E-state index is 0.228. The lowest BCUT2D eigenvalue weighted by molar-refractivity contribution is 0.0152. The summed E-state index contributed by atoms with van der Waals surface area (Å²) >= 11 is 0. The number of piperidine rings is 1. The van der Waals surface area contributed by atoms with Crippen molar-refractivity contribution in [1.29, 1.82) is 0 Å². The average molecular weight is 397 g/mol. The summed E-state index contributed by atoms with van der Waals surface area (Å²) in [5, 5.41) is 0. The Hall–Kier alpha value is -2.56. The maximum Gasteiger partial charge on any atom is 0.410 e. The van der Waals surface area contributed by atoms with Crippen molar-refractivity contribution in [1.82, 2.24) is 9.88 Å². The first-order valence-electron chi connectivity index (χ1n) is 10.4. The van der Waals surface area contributed by atoms with E-state index in [4.69, 9.17) is 14.5 Å². The number of likely N-dealkylation sites (tertiary alicyclic amines) is 1. The normalized spacial score (nSPS) is 19.7. The molecule has 0 N–H and O–H groups in total. The molecule has 0 saturated carbocycles. The number of amides is 1. The largest absolute Gasteiger partial charge is 0.497 e. The fourth-order valence-electron chi connectivity index (χ4n) is 3.90. The van der Waals surface area contributed by atoms with E-state index in [0.29, 0.717) is 12.5 Å². The molecule has 29 heavy (non-hydrogen) atoms. The second-order valence-electron chi connectivity index (χ2n) is 8.69. The SMILES string of the molecule is CCC1CCN(C(=O)OC(C)(C)C)CC1c1ccc(-c2ccc(OC)cc2)cn1. The second-order valence-corrected chi connectivity index (χ2v) is 8.69. The van der Waals surface area contributed by atoms with Gasteiger partial charge in [0, 0.05) is 36.5 Å². The van der Waals surface area contributed by atoms with E-state index in [-0.39, 0.29) is 12.0 Å². The highest BCUT2D eigenvalue weighted by Gasteiger charge is 2.34. The lowest BCUT2D eigenvalue weighted by atomic mass is 9.81. The number of aromatic nitrogens is 1. The van der Waals surface area contributed by atoms with Crippen LogP contribution in [0.5, 0.6) is 5.75 Å². The molecule has 3 rings (SSSR count). The maximum atomic E-state index is 12.6. The number of hydrogen-bond acceptors (Lipinski definition) is 4. The Labute approximate surface area is 174 Å². The summed E-state index contributed by atoms with van der Waals surface area (Å²) in [4.78, 5) is 19.2. The summed E-state index contributed by atoms with van der Waals surface area (Å²) in [7, 11) is 1.67. The molecule has 5 nitrogen and oxygen atoms in total. The van der Waals surface area contributed by atoms with Crippen LogP contribution in [-0.2, 0) is 4.74 Å². The first kappa shape index (κ1) is 21.2. The molecule has 1 fully saturated rings. The van der Waals surface area contributed by atoms with Gasteiger partial charge in [-0.1, -0.05) is 31.5 Å². The summed E-state index contributed by atoms with van der Waals surface area (Å²) in [6.45, 7) is 9.32. The minimum atomic E-state index is -0.480. The summed E-state index contributed by atoms with van der Waals surface area (Å²) in [6, 6.07) is 12.2. The van der Waals surface area contributed by atoms with Crippen molar-refractivity contribution in [2.24, 2.45) is 5.92 Å². The molecule has 0 spiro atoms. The Morgan fingerprint density at radius 3 is 2.38 bits per heavy atom. The van der Waals surface area contributed by atoms with E-state index in [1.54, 1.807) is 7.11 Å². The molecular formula is C24H32N2O3. The van der Waals surface area contributed by atoms with Crippen LogP contribution in [0.3, 0.4) is 0 Å². The van der Waals surface area contributed by atoms with Gasteiger partial charge in [0.05, 0.1) is 7.11 Å². The number of carbonyl (C=O) groups is 1. The van der Waals surface area contributed by atoms with Crippen molar-refractivity contribution in [3.63, 3.8) is 0 Å². The molecule has 0 aliphatic carbocycles. The van der Waals surface area contributed by atoms with Gasteiger partial charge < -0.3 is 14.4 Å². The first-order chi connectivity index (χ1) is 13.8. The third kappa shape index (κ3) is 5.28. The Balaban J connectivity index is 1.76. The topological polar surface area (TPSA) is 51.7 Å². The number of ether oxygens (including phenoxy) is 2. The molecule has 0 radical (unpaired) electrons. The molecule has 0 bridgehead atoms. The molecule has 1 saturated heterocycles.